The molecular weight excluding hydrogens is 515 g/mol. The van der Waals surface area contributed by atoms with Gasteiger partial charge in [0.15, 0.2) is 6.20 Å². The summed E-state index contributed by atoms with van der Waals surface area (Å²) in [7, 11) is 0. The number of aromatic amines is 2. The van der Waals surface area contributed by atoms with E-state index in [4.69, 9.17) is 0 Å². The van der Waals surface area contributed by atoms with Crippen molar-refractivity contribution < 1.29 is 81.9 Å². The number of aromatic nitrogens is 2. The van der Waals surface area contributed by atoms with Gasteiger partial charge in [-0.15, -0.1) is 24.1 Å². The molecule has 1 aliphatic rings. The fourth-order valence-electron chi connectivity index (χ4n) is 3.98. The summed E-state index contributed by atoms with van der Waals surface area (Å²) in [6.07, 6.45) is 5.63. The largest absolute Gasteiger partial charge is 1.00 e. The molecule has 6 aromatic rings. The molecule has 1 aliphatic heterocycles. The zero-order chi connectivity index (χ0) is 26.3. The van der Waals surface area contributed by atoms with Crippen LogP contribution in [0.3, 0.4) is 0 Å². The number of thiazole rings is 1. The standard InChI is InChI=1S/C13H9NOS.C9H8NO.C9H7NO.3Li/c15-11-7-3-1-5-9(11)13-14-10-6-2-4-8-12(10)16-13;2*11-8-5-1-3-7-4-2-6-10-9(7)8;;;/h1-8,15H;1-5,11H,6H2;1-6,11H;;;/q;-1;;3*+1/p-1. The van der Waals surface area contributed by atoms with Gasteiger partial charge in [0.1, 0.15) is 4.70 Å². The van der Waals surface area contributed by atoms with E-state index < -0.39 is 0 Å². The van der Waals surface area contributed by atoms with E-state index in [9.17, 15) is 15.3 Å². The summed E-state index contributed by atoms with van der Waals surface area (Å²) in [6, 6.07) is 29.3. The molecule has 0 saturated carbocycles. The Labute approximate surface area is 278 Å². The van der Waals surface area contributed by atoms with Crippen molar-refractivity contribution in [2.75, 3.05) is 6.54 Å². The first-order valence-corrected chi connectivity index (χ1v) is 12.8. The molecule has 0 aliphatic carbocycles. The summed E-state index contributed by atoms with van der Waals surface area (Å²) in [6.45, 7) is 0.631. The van der Waals surface area contributed by atoms with Crippen molar-refractivity contribution in [2.24, 2.45) is 0 Å². The van der Waals surface area contributed by atoms with E-state index >= 15 is 0 Å². The minimum atomic E-state index is 0. The van der Waals surface area contributed by atoms with Gasteiger partial charge in [-0.1, -0.05) is 83.8 Å². The summed E-state index contributed by atoms with van der Waals surface area (Å²) in [4.78, 5) is 6.18. The number of rotatable bonds is 1. The second kappa shape index (κ2) is 16.4. The Kier molecular flexibility index (Phi) is 13.6. The second-order valence-electron chi connectivity index (χ2n) is 8.38. The molecule has 2 N–H and O–H groups in total. The zero-order valence-corrected chi connectivity index (χ0v) is 24.1. The number of pyridine rings is 1. The first-order valence-electron chi connectivity index (χ1n) is 12.0. The van der Waals surface area contributed by atoms with E-state index in [1.165, 1.54) is 4.70 Å². The topological polar surface area (TPSA) is 112 Å². The van der Waals surface area contributed by atoms with Gasteiger partial charge in [0, 0.05) is 23.1 Å². The maximum absolute atomic E-state index is 11.7. The molecule has 188 valence electrons. The minimum Gasteiger partial charge on any atom is -0.873 e. The normalized spacial score (nSPS) is 10.6. The smallest absolute Gasteiger partial charge is 0.873 e. The summed E-state index contributed by atoms with van der Waals surface area (Å²) < 4.78 is 1.17. The van der Waals surface area contributed by atoms with Crippen molar-refractivity contribution in [2.45, 2.75) is 0 Å². The molecule has 0 atom stereocenters. The fraction of sp³-hybridized carbons (Fsp3) is 0.0323. The van der Waals surface area contributed by atoms with Crippen molar-refractivity contribution >= 4 is 44.2 Å². The summed E-state index contributed by atoms with van der Waals surface area (Å²) in [5.41, 5.74) is 4.03. The molecule has 0 fully saturated rings. The van der Waals surface area contributed by atoms with Gasteiger partial charge < -0.3 is 20.6 Å². The Balaban J connectivity index is 0.000000213. The van der Waals surface area contributed by atoms with Crippen LogP contribution in [-0.4, -0.2) is 6.54 Å². The predicted octanol–water partition coefficient (Wildman–Crippen LogP) is -4.01. The summed E-state index contributed by atoms with van der Waals surface area (Å²) in [5.74, 6) is 0.125. The van der Waals surface area contributed by atoms with E-state index in [1.54, 1.807) is 53.9 Å². The molecule has 0 amide bonds. The van der Waals surface area contributed by atoms with Crippen LogP contribution in [0.25, 0.3) is 43.1 Å². The van der Waals surface area contributed by atoms with E-state index in [2.05, 4.69) is 15.3 Å². The molecule has 7 rings (SSSR count). The molecule has 10 heteroatoms. The van der Waals surface area contributed by atoms with E-state index in [1.807, 2.05) is 72.8 Å². The van der Waals surface area contributed by atoms with Gasteiger partial charge in [-0.25, -0.2) is 4.98 Å². The van der Waals surface area contributed by atoms with Crippen molar-refractivity contribution in [1.82, 2.24) is 0 Å². The third-order valence-electron chi connectivity index (χ3n) is 5.82. The maximum atomic E-state index is 11.7. The number of H-pyrrole nitrogens is 2. The van der Waals surface area contributed by atoms with Crippen molar-refractivity contribution in [3.05, 3.63) is 120 Å². The van der Waals surface area contributed by atoms with Crippen molar-refractivity contribution in [3.8, 4) is 27.8 Å². The van der Waals surface area contributed by atoms with Crippen LogP contribution in [-0.2, 0) is 0 Å². The predicted molar refractivity (Wildman–Crippen MR) is 146 cm³/mol. The van der Waals surface area contributed by atoms with Gasteiger partial charge in [-0.05, 0) is 35.6 Å². The molecule has 0 saturated heterocycles. The molecule has 41 heavy (non-hydrogen) atoms. The molecule has 2 aromatic heterocycles. The number of hydrogen-bond donors (Lipinski definition) is 0. The van der Waals surface area contributed by atoms with Gasteiger partial charge in [0.2, 0.25) is 11.0 Å². The third-order valence-corrected chi connectivity index (χ3v) is 6.92. The average Bonchev–Trinajstić information content (AvgIpc) is 3.39. The Morgan fingerprint density at radius 2 is 1.37 bits per heavy atom. The van der Waals surface area contributed by atoms with Crippen LogP contribution in [0, 0.1) is 0 Å². The van der Waals surface area contributed by atoms with E-state index in [0.717, 1.165) is 27.0 Å². The van der Waals surface area contributed by atoms with Gasteiger partial charge >= 0.3 is 56.6 Å². The molecule has 3 heterocycles. The Morgan fingerprint density at radius 1 is 0.683 bits per heavy atom. The first kappa shape index (κ1) is 34.1. The maximum Gasteiger partial charge on any atom is 1.00 e. The number of benzene rings is 4. The second-order valence-corrected chi connectivity index (χ2v) is 9.43. The molecular formula is C31H23Li3N3O3S+. The molecule has 0 spiro atoms. The summed E-state index contributed by atoms with van der Waals surface area (Å²) in [5, 5.41) is 39.9. The molecule has 0 unspecified atom stereocenters. The molecule has 4 aromatic carbocycles. The van der Waals surface area contributed by atoms with Crippen LogP contribution in [0.4, 0.5) is 5.69 Å². The van der Waals surface area contributed by atoms with Crippen LogP contribution < -0.4 is 81.9 Å². The number of nitrogens with zero attached hydrogens (tertiary/aromatic N) is 1. The number of fused-ring (bicyclic) bond motifs is 3. The Bertz CT molecular complexity index is 1710. The van der Waals surface area contributed by atoms with Crippen LogP contribution in [0.5, 0.6) is 17.2 Å². The molecule has 6 nitrogen and oxygen atoms in total. The van der Waals surface area contributed by atoms with Gasteiger partial charge in [0.25, 0.3) is 5.01 Å². The van der Waals surface area contributed by atoms with Gasteiger partial charge in [-0.2, -0.15) is 4.98 Å². The minimum absolute atomic E-state index is 0. The van der Waals surface area contributed by atoms with Crippen LogP contribution in [0.2, 0.25) is 0 Å². The zero-order valence-electron chi connectivity index (χ0n) is 23.3. The summed E-state index contributed by atoms with van der Waals surface area (Å²) >= 11 is 1.61. The average molecular weight is 538 g/mol. The van der Waals surface area contributed by atoms with Crippen LogP contribution in [0.15, 0.2) is 109 Å². The molecule has 0 radical (unpaired) electrons. The van der Waals surface area contributed by atoms with Crippen LogP contribution >= 0.6 is 11.3 Å². The number of para-hydroxylation sites is 4. The Hall–Kier alpha value is -3.09. The van der Waals surface area contributed by atoms with Gasteiger partial charge in [-0.3, -0.25) is 0 Å². The van der Waals surface area contributed by atoms with E-state index in [-0.39, 0.29) is 73.8 Å². The van der Waals surface area contributed by atoms with Crippen LogP contribution in [0.1, 0.15) is 5.56 Å². The first-order chi connectivity index (χ1) is 18.6. The van der Waals surface area contributed by atoms with Gasteiger partial charge in [0.05, 0.1) is 0 Å². The molecule has 0 bridgehead atoms. The third kappa shape index (κ3) is 8.46. The number of hydrogen-bond acceptors (Lipinski definition) is 4. The quantitative estimate of drug-likeness (QED) is 0.199. The SMILES string of the molecule is [Li+].[Li+].[Li+].[O-]c1cccc2c1[N-]CC=C2.[O-]c1cccc2ccc[nH+]c12.[O-]c1ccccc1-c1[nH+]c2ccccc2s1. The number of nitrogens with one attached hydrogen (secondary N) is 2. The fourth-order valence-corrected chi connectivity index (χ4v) is 5.02. The van der Waals surface area contributed by atoms with Crippen molar-refractivity contribution in [1.29, 1.82) is 0 Å². The van der Waals surface area contributed by atoms with Crippen molar-refractivity contribution in [3.63, 3.8) is 0 Å². The van der Waals surface area contributed by atoms with E-state index in [0.29, 0.717) is 17.7 Å². The monoisotopic (exact) mass is 538 g/mol. The Morgan fingerprint density at radius 3 is 2.12 bits per heavy atom.